The summed E-state index contributed by atoms with van der Waals surface area (Å²) in [6.45, 7) is 3.48. The second-order valence-corrected chi connectivity index (χ2v) is 7.71. The first-order chi connectivity index (χ1) is 13.0. The normalized spacial score (nSPS) is 16.0. The monoisotopic (exact) mass is 411 g/mol. The summed E-state index contributed by atoms with van der Waals surface area (Å²) in [5.41, 5.74) is 1.11. The molecule has 146 valence electrons. The number of hydrogen-bond donors (Lipinski definition) is 1. The maximum Gasteiger partial charge on any atom is 0.158 e. The summed E-state index contributed by atoms with van der Waals surface area (Å²) in [7, 11) is 0. The standard InChI is InChI=1S/C20H23ClFNO3S/c1-2-16(9-10-27-17-7-8-19(22)18(21)12-17)26-23-15(13-24)11-14-5-3-4-6-20(14)25/h2,5,7-8,12,16,24H,1,3-4,6,9-11,13H2/b23-15-. The Balaban J connectivity index is 1.84. The fourth-order valence-electron chi connectivity index (χ4n) is 2.54. The van der Waals surface area contributed by atoms with E-state index in [0.29, 0.717) is 36.3 Å². The molecule has 1 N–H and O–H groups in total. The number of aliphatic hydroxyl groups is 1. The van der Waals surface area contributed by atoms with Crippen molar-refractivity contribution in [1.29, 1.82) is 0 Å². The first-order valence-electron chi connectivity index (χ1n) is 8.78. The molecule has 0 amide bonds. The van der Waals surface area contributed by atoms with Crippen molar-refractivity contribution < 1.29 is 19.1 Å². The molecule has 0 bridgehead atoms. The van der Waals surface area contributed by atoms with E-state index in [9.17, 15) is 14.3 Å². The van der Waals surface area contributed by atoms with E-state index in [1.54, 1.807) is 18.2 Å². The molecule has 7 heteroatoms. The summed E-state index contributed by atoms with van der Waals surface area (Å²) in [4.78, 5) is 18.2. The minimum atomic E-state index is -0.439. The fraction of sp³-hybridized carbons (Fsp3) is 0.400. The number of hydrogen-bond acceptors (Lipinski definition) is 5. The molecule has 1 aliphatic rings. The lowest BCUT2D eigenvalue weighted by atomic mass is 9.94. The molecule has 4 nitrogen and oxygen atoms in total. The highest BCUT2D eigenvalue weighted by atomic mass is 35.5. The summed E-state index contributed by atoms with van der Waals surface area (Å²) in [6, 6.07) is 4.60. The van der Waals surface area contributed by atoms with Gasteiger partial charge in [-0.15, -0.1) is 11.8 Å². The van der Waals surface area contributed by atoms with Crippen LogP contribution < -0.4 is 0 Å². The smallest absolute Gasteiger partial charge is 0.158 e. The maximum atomic E-state index is 13.2. The van der Waals surface area contributed by atoms with Crippen molar-refractivity contribution in [1.82, 2.24) is 0 Å². The van der Waals surface area contributed by atoms with Gasteiger partial charge in [0.05, 0.1) is 17.3 Å². The zero-order valence-corrected chi connectivity index (χ0v) is 16.6. The Labute approximate surface area is 168 Å². The number of ketones is 1. The van der Waals surface area contributed by atoms with Gasteiger partial charge < -0.3 is 9.94 Å². The number of carbonyl (C=O) groups excluding carboxylic acids is 1. The summed E-state index contributed by atoms with van der Waals surface area (Å²) in [6.07, 6.45) is 6.46. The average molecular weight is 412 g/mol. The van der Waals surface area contributed by atoms with Gasteiger partial charge in [-0.05, 0) is 42.7 Å². The zero-order chi connectivity index (χ0) is 19.6. The van der Waals surface area contributed by atoms with Gasteiger partial charge in [0.25, 0.3) is 0 Å². The maximum absolute atomic E-state index is 13.2. The molecule has 27 heavy (non-hydrogen) atoms. The summed E-state index contributed by atoms with van der Waals surface area (Å²) < 4.78 is 13.2. The van der Waals surface area contributed by atoms with Crippen molar-refractivity contribution in [2.24, 2.45) is 5.16 Å². The molecule has 0 aromatic heterocycles. The van der Waals surface area contributed by atoms with Crippen molar-refractivity contribution in [3.8, 4) is 0 Å². The van der Waals surface area contributed by atoms with E-state index in [1.807, 2.05) is 6.08 Å². The Hall–Kier alpha value is -1.63. The summed E-state index contributed by atoms with van der Waals surface area (Å²) in [5, 5.41) is 13.6. The highest BCUT2D eigenvalue weighted by Crippen LogP contribution is 2.25. The van der Waals surface area contributed by atoms with Gasteiger partial charge in [0.2, 0.25) is 0 Å². The largest absolute Gasteiger partial charge is 0.390 e. The van der Waals surface area contributed by atoms with Crippen LogP contribution in [0, 0.1) is 5.82 Å². The van der Waals surface area contributed by atoms with Crippen molar-refractivity contribution in [2.45, 2.75) is 43.1 Å². The molecule has 1 aromatic rings. The van der Waals surface area contributed by atoms with Crippen molar-refractivity contribution >= 4 is 34.9 Å². The molecule has 0 heterocycles. The molecule has 0 saturated carbocycles. The van der Waals surface area contributed by atoms with E-state index in [2.05, 4.69) is 11.7 Å². The molecule has 0 spiro atoms. The van der Waals surface area contributed by atoms with Crippen LogP contribution in [0.15, 0.2) is 52.6 Å². The second kappa shape index (κ2) is 11.3. The van der Waals surface area contributed by atoms with Gasteiger partial charge >= 0.3 is 0 Å². The highest BCUT2D eigenvalue weighted by molar-refractivity contribution is 7.99. The van der Waals surface area contributed by atoms with Gasteiger partial charge in [0.1, 0.15) is 11.9 Å². The Morgan fingerprint density at radius 2 is 2.33 bits per heavy atom. The zero-order valence-electron chi connectivity index (χ0n) is 15.0. The first kappa shape index (κ1) is 21.7. The van der Waals surface area contributed by atoms with E-state index >= 15 is 0 Å². The number of allylic oxidation sites excluding steroid dienone is 2. The number of halogens is 2. The van der Waals surface area contributed by atoms with Crippen LogP contribution in [-0.4, -0.2) is 35.1 Å². The summed E-state index contributed by atoms with van der Waals surface area (Å²) >= 11 is 7.30. The highest BCUT2D eigenvalue weighted by Gasteiger charge is 2.16. The number of carbonyl (C=O) groups is 1. The third-order valence-electron chi connectivity index (χ3n) is 4.08. The lowest BCUT2D eigenvalue weighted by Crippen LogP contribution is -2.16. The van der Waals surface area contributed by atoms with Crippen LogP contribution in [0.5, 0.6) is 0 Å². The number of Topliss-reactive ketones (excluding diaryl/α,β-unsaturated/α-hetero) is 1. The van der Waals surface area contributed by atoms with Crippen LogP contribution in [-0.2, 0) is 9.63 Å². The van der Waals surface area contributed by atoms with Crippen LogP contribution >= 0.6 is 23.4 Å². The topological polar surface area (TPSA) is 58.9 Å². The van der Waals surface area contributed by atoms with Gasteiger partial charge in [-0.3, -0.25) is 4.79 Å². The van der Waals surface area contributed by atoms with E-state index < -0.39 is 5.82 Å². The van der Waals surface area contributed by atoms with Gasteiger partial charge in [0, 0.05) is 29.9 Å². The van der Waals surface area contributed by atoms with Gasteiger partial charge in [0.15, 0.2) is 5.78 Å². The fourth-order valence-corrected chi connectivity index (χ4v) is 3.73. The van der Waals surface area contributed by atoms with Crippen LogP contribution in [0.25, 0.3) is 0 Å². The van der Waals surface area contributed by atoms with Crippen molar-refractivity contribution in [3.05, 3.63) is 53.3 Å². The van der Waals surface area contributed by atoms with Crippen LogP contribution in [0.1, 0.15) is 32.1 Å². The Bertz CT molecular complexity index is 736. The number of oxime groups is 1. The molecular formula is C20H23ClFNO3S. The molecule has 0 fully saturated rings. The average Bonchev–Trinajstić information content (AvgIpc) is 2.67. The van der Waals surface area contributed by atoms with E-state index in [0.717, 1.165) is 17.7 Å². The third kappa shape index (κ3) is 7.13. The second-order valence-electron chi connectivity index (χ2n) is 6.13. The van der Waals surface area contributed by atoms with E-state index in [4.69, 9.17) is 16.4 Å². The quantitative estimate of drug-likeness (QED) is 0.256. The number of thioether (sulfide) groups is 1. The predicted octanol–water partition coefficient (Wildman–Crippen LogP) is 4.95. The number of nitrogens with zero attached hydrogens (tertiary/aromatic N) is 1. The van der Waals surface area contributed by atoms with Crippen LogP contribution in [0.4, 0.5) is 4.39 Å². The van der Waals surface area contributed by atoms with Gasteiger partial charge in [-0.2, -0.15) is 0 Å². The number of rotatable bonds is 10. The first-order valence-corrected chi connectivity index (χ1v) is 10.1. The van der Waals surface area contributed by atoms with Crippen LogP contribution in [0.3, 0.4) is 0 Å². The predicted molar refractivity (Wildman–Crippen MR) is 108 cm³/mol. The van der Waals surface area contributed by atoms with Crippen molar-refractivity contribution in [3.63, 3.8) is 0 Å². The lowest BCUT2D eigenvalue weighted by molar-refractivity contribution is -0.116. The molecule has 1 aliphatic carbocycles. The SMILES string of the molecule is C=CC(CCSc1ccc(F)c(Cl)c1)O/N=C(\CO)CC1=CCCCC1=O. The molecule has 1 aromatic carbocycles. The van der Waals surface area contributed by atoms with E-state index in [-0.39, 0.29) is 23.5 Å². The minimum Gasteiger partial charge on any atom is -0.390 e. The van der Waals surface area contributed by atoms with Gasteiger partial charge in [-0.25, -0.2) is 4.39 Å². The minimum absolute atomic E-state index is 0.0975. The van der Waals surface area contributed by atoms with Crippen molar-refractivity contribution in [2.75, 3.05) is 12.4 Å². The van der Waals surface area contributed by atoms with Crippen LogP contribution in [0.2, 0.25) is 5.02 Å². The Morgan fingerprint density at radius 3 is 3.00 bits per heavy atom. The molecule has 1 atom stereocenters. The molecule has 1 unspecified atom stereocenters. The number of aliphatic hydroxyl groups excluding tert-OH is 1. The number of benzene rings is 1. The lowest BCUT2D eigenvalue weighted by Gasteiger charge is -2.14. The third-order valence-corrected chi connectivity index (χ3v) is 5.39. The molecule has 0 saturated heterocycles. The molecule has 0 radical (unpaired) electrons. The van der Waals surface area contributed by atoms with Gasteiger partial charge in [-0.1, -0.05) is 29.4 Å². The molecular weight excluding hydrogens is 389 g/mol. The Morgan fingerprint density at radius 1 is 1.52 bits per heavy atom. The molecule has 2 rings (SSSR count). The summed E-state index contributed by atoms with van der Waals surface area (Å²) in [5.74, 6) is 0.370. The Kier molecular flexibility index (Phi) is 9.04. The molecule has 0 aliphatic heterocycles. The van der Waals surface area contributed by atoms with E-state index in [1.165, 1.54) is 17.8 Å².